The summed E-state index contributed by atoms with van der Waals surface area (Å²) in [4.78, 5) is 0. The van der Waals surface area contributed by atoms with E-state index in [1.54, 1.807) is 18.2 Å². The van der Waals surface area contributed by atoms with Crippen molar-refractivity contribution in [3.8, 4) is 23.1 Å². The molecule has 144 valence electrons. The average molecular weight is 381 g/mol. The van der Waals surface area contributed by atoms with E-state index in [1.807, 2.05) is 24.3 Å². The van der Waals surface area contributed by atoms with Gasteiger partial charge in [0.15, 0.2) is 6.61 Å². The molecule has 0 saturated heterocycles. The van der Waals surface area contributed by atoms with Crippen LogP contribution in [0.25, 0.3) is 22.2 Å². The fourth-order valence-electron chi connectivity index (χ4n) is 3.65. The molecule has 2 aromatic carbocycles. The number of aromatic nitrogens is 1. The van der Waals surface area contributed by atoms with E-state index in [-0.39, 0.29) is 6.04 Å². The first-order chi connectivity index (χ1) is 13.4. The molecule has 28 heavy (non-hydrogen) atoms. The minimum Gasteiger partial charge on any atom is -0.487 e. The predicted molar refractivity (Wildman–Crippen MR) is 106 cm³/mol. The van der Waals surface area contributed by atoms with Crippen molar-refractivity contribution in [3.05, 3.63) is 48.0 Å². The Labute approximate surface area is 162 Å². The topological polar surface area (TPSA) is 64.0 Å². The Morgan fingerprint density at radius 1 is 1.21 bits per heavy atom. The van der Waals surface area contributed by atoms with Gasteiger partial charge in [0.1, 0.15) is 11.8 Å². The third kappa shape index (κ3) is 3.29. The number of nitrogens with zero attached hydrogens (tertiary/aromatic N) is 2. The van der Waals surface area contributed by atoms with E-state index < -0.39 is 12.5 Å². The van der Waals surface area contributed by atoms with Gasteiger partial charge < -0.3 is 15.0 Å². The third-order valence-electron chi connectivity index (χ3n) is 5.20. The molecule has 6 heteroatoms. The summed E-state index contributed by atoms with van der Waals surface area (Å²) in [7, 11) is 0. The van der Waals surface area contributed by atoms with Crippen LogP contribution in [0.15, 0.2) is 42.5 Å². The molecule has 1 aliphatic rings. The van der Waals surface area contributed by atoms with Crippen LogP contribution in [0.1, 0.15) is 37.8 Å². The van der Waals surface area contributed by atoms with Crippen LogP contribution in [0.4, 0.5) is 14.5 Å². The van der Waals surface area contributed by atoms with Crippen LogP contribution in [-0.4, -0.2) is 17.1 Å². The summed E-state index contributed by atoms with van der Waals surface area (Å²) in [6.07, 6.45) is 3.18. The fraction of sp³-hybridized carbons (Fsp3) is 0.318. The summed E-state index contributed by atoms with van der Waals surface area (Å²) in [5, 5.41) is 10.7. The summed E-state index contributed by atoms with van der Waals surface area (Å²) in [5.74, 6) is -2.53. The lowest BCUT2D eigenvalue weighted by atomic mass is 9.92. The molecule has 3 aromatic rings. The quantitative estimate of drug-likeness (QED) is 0.592. The second-order valence-electron chi connectivity index (χ2n) is 7.45. The fourth-order valence-corrected chi connectivity index (χ4v) is 3.65. The Kier molecular flexibility index (Phi) is 4.46. The lowest BCUT2D eigenvalue weighted by molar-refractivity contribution is -0.0229. The first kappa shape index (κ1) is 18.3. The maximum absolute atomic E-state index is 13.2. The van der Waals surface area contributed by atoms with E-state index in [0.717, 1.165) is 48.3 Å². The number of nitriles is 1. The highest BCUT2D eigenvalue weighted by Crippen LogP contribution is 2.43. The summed E-state index contributed by atoms with van der Waals surface area (Å²) in [5.41, 5.74) is 9.66. The van der Waals surface area contributed by atoms with Gasteiger partial charge >= 0.3 is 0 Å². The predicted octanol–water partition coefficient (Wildman–Crippen LogP) is 5.52. The number of fused-ring (bicyclic) bond motifs is 1. The Morgan fingerprint density at radius 2 is 1.93 bits per heavy atom. The summed E-state index contributed by atoms with van der Waals surface area (Å²) in [6.45, 7) is 0.147. The highest BCUT2D eigenvalue weighted by Gasteiger charge is 2.28. The first-order valence-corrected chi connectivity index (χ1v) is 9.32. The zero-order chi connectivity index (χ0) is 19.9. The van der Waals surface area contributed by atoms with Gasteiger partial charge in [0.05, 0.1) is 16.8 Å². The Hall–Kier alpha value is -3.07. The molecule has 1 aromatic heterocycles. The highest BCUT2D eigenvalue weighted by atomic mass is 19.3. The van der Waals surface area contributed by atoms with Gasteiger partial charge in [-0.2, -0.15) is 5.26 Å². The molecule has 1 fully saturated rings. The minimum absolute atomic E-state index is 0.278. The van der Waals surface area contributed by atoms with Gasteiger partial charge in [-0.25, -0.2) is 8.78 Å². The SMILES string of the molecule is CC(F)(F)COc1ccc2c(C#N)c(-c3ccc(N)cc3)n(C3CCC3)c2c1. The molecular weight excluding hydrogens is 360 g/mol. The monoisotopic (exact) mass is 381 g/mol. The van der Waals surface area contributed by atoms with Crippen molar-refractivity contribution in [1.82, 2.24) is 4.57 Å². The molecule has 0 aliphatic heterocycles. The van der Waals surface area contributed by atoms with Crippen LogP contribution in [-0.2, 0) is 0 Å². The van der Waals surface area contributed by atoms with Crippen molar-refractivity contribution in [2.45, 2.75) is 38.2 Å². The van der Waals surface area contributed by atoms with Gasteiger partial charge in [-0.3, -0.25) is 0 Å². The standard InChI is InChI=1S/C22H21F2N3O/c1-22(23,24)13-28-17-9-10-18-19(12-25)21(14-5-7-15(26)8-6-14)27(20(18)11-17)16-3-2-4-16/h5-11,16H,2-4,13,26H2,1H3. The lowest BCUT2D eigenvalue weighted by Crippen LogP contribution is -2.21. The number of ether oxygens (including phenoxy) is 1. The van der Waals surface area contributed by atoms with Crippen LogP contribution in [0, 0.1) is 11.3 Å². The zero-order valence-electron chi connectivity index (χ0n) is 15.6. The maximum Gasteiger partial charge on any atom is 0.278 e. The van der Waals surface area contributed by atoms with Crippen molar-refractivity contribution >= 4 is 16.6 Å². The van der Waals surface area contributed by atoms with Gasteiger partial charge in [-0.1, -0.05) is 12.1 Å². The van der Waals surface area contributed by atoms with Crippen molar-refractivity contribution in [1.29, 1.82) is 5.26 Å². The van der Waals surface area contributed by atoms with E-state index in [4.69, 9.17) is 10.5 Å². The third-order valence-corrected chi connectivity index (χ3v) is 5.20. The Balaban J connectivity index is 1.89. The van der Waals surface area contributed by atoms with E-state index in [9.17, 15) is 14.0 Å². The van der Waals surface area contributed by atoms with Crippen molar-refractivity contribution in [2.24, 2.45) is 0 Å². The molecule has 4 nitrogen and oxygen atoms in total. The van der Waals surface area contributed by atoms with Gasteiger partial charge in [-0.15, -0.1) is 0 Å². The number of nitrogen functional groups attached to an aromatic ring is 1. The van der Waals surface area contributed by atoms with Gasteiger partial charge in [-0.05, 0) is 49.1 Å². The molecule has 0 amide bonds. The van der Waals surface area contributed by atoms with E-state index in [0.29, 0.717) is 17.0 Å². The van der Waals surface area contributed by atoms with Crippen molar-refractivity contribution in [3.63, 3.8) is 0 Å². The Morgan fingerprint density at radius 3 is 2.50 bits per heavy atom. The number of rotatable bonds is 5. The zero-order valence-corrected chi connectivity index (χ0v) is 15.6. The molecule has 1 saturated carbocycles. The first-order valence-electron chi connectivity index (χ1n) is 9.32. The average Bonchev–Trinajstić information content (AvgIpc) is 2.92. The normalized spacial score (nSPS) is 14.6. The Bertz CT molecular complexity index is 1050. The molecule has 0 atom stereocenters. The number of anilines is 1. The van der Waals surface area contributed by atoms with Crippen molar-refractivity contribution < 1.29 is 13.5 Å². The number of hydrogen-bond donors (Lipinski definition) is 1. The smallest absolute Gasteiger partial charge is 0.278 e. The van der Waals surface area contributed by atoms with Crippen LogP contribution >= 0.6 is 0 Å². The minimum atomic E-state index is -2.90. The number of halogens is 2. The number of hydrogen-bond acceptors (Lipinski definition) is 3. The summed E-state index contributed by atoms with van der Waals surface area (Å²) in [6, 6.07) is 15.3. The van der Waals surface area contributed by atoms with Crippen LogP contribution in [0.3, 0.4) is 0 Å². The van der Waals surface area contributed by atoms with Gasteiger partial charge in [0, 0.05) is 30.1 Å². The van der Waals surface area contributed by atoms with Gasteiger partial charge in [0.2, 0.25) is 0 Å². The van der Waals surface area contributed by atoms with Crippen LogP contribution in [0.5, 0.6) is 5.75 Å². The lowest BCUT2D eigenvalue weighted by Gasteiger charge is -2.30. The van der Waals surface area contributed by atoms with Crippen LogP contribution < -0.4 is 10.5 Å². The van der Waals surface area contributed by atoms with Crippen LogP contribution in [0.2, 0.25) is 0 Å². The number of benzene rings is 2. The molecule has 1 heterocycles. The summed E-state index contributed by atoms with van der Waals surface area (Å²) >= 11 is 0. The number of alkyl halides is 2. The molecule has 0 radical (unpaired) electrons. The van der Waals surface area contributed by atoms with E-state index >= 15 is 0 Å². The van der Waals surface area contributed by atoms with Gasteiger partial charge in [0.25, 0.3) is 5.92 Å². The second kappa shape index (κ2) is 6.83. The largest absolute Gasteiger partial charge is 0.487 e. The highest BCUT2D eigenvalue weighted by molar-refractivity contribution is 5.95. The molecule has 0 bridgehead atoms. The second-order valence-corrected chi connectivity index (χ2v) is 7.45. The summed E-state index contributed by atoms with van der Waals surface area (Å²) < 4.78 is 33.8. The molecule has 0 unspecified atom stereocenters. The molecule has 0 spiro atoms. The van der Waals surface area contributed by atoms with Crippen molar-refractivity contribution in [2.75, 3.05) is 12.3 Å². The molecular formula is C22H21F2N3O. The number of nitrogens with two attached hydrogens (primary N) is 1. The molecule has 2 N–H and O–H groups in total. The van der Waals surface area contributed by atoms with E-state index in [1.165, 1.54) is 0 Å². The van der Waals surface area contributed by atoms with E-state index in [2.05, 4.69) is 10.6 Å². The molecule has 1 aliphatic carbocycles. The molecule has 4 rings (SSSR count). The maximum atomic E-state index is 13.2.